The van der Waals surface area contributed by atoms with Crippen LogP contribution in [0.1, 0.15) is 5.56 Å². The van der Waals surface area contributed by atoms with Crippen LogP contribution in [0.5, 0.6) is 0 Å². The molecule has 43 heavy (non-hydrogen) atoms. The first-order valence-corrected chi connectivity index (χ1v) is 15.2. The first-order chi connectivity index (χ1) is 20.5. The summed E-state index contributed by atoms with van der Waals surface area (Å²) in [6, 6.07) is 7.48. The van der Waals surface area contributed by atoms with Crippen molar-refractivity contribution in [3.63, 3.8) is 0 Å². The lowest BCUT2D eigenvalue weighted by molar-refractivity contribution is -0.365. The third kappa shape index (κ3) is 7.58. The van der Waals surface area contributed by atoms with Crippen molar-refractivity contribution in [3.8, 4) is 0 Å². The summed E-state index contributed by atoms with van der Waals surface area (Å²) < 4.78 is 28.0. The second-order valence-corrected chi connectivity index (χ2v) is 11.5. The number of piperidine rings is 1. The number of ether oxygens (including phenoxy) is 5. The SMILES string of the molecule is O=C(OCc1ccccc1)N1CC(O)C(O)C(OC2OC(CO)C(OC3OC(CI)C(O)C(O)C3O)C(O)C2O)C1CO. The molecule has 3 heterocycles. The topological polar surface area (TPSA) is 249 Å². The maximum Gasteiger partial charge on any atom is 0.410 e. The largest absolute Gasteiger partial charge is 0.445 e. The Balaban J connectivity index is 1.45. The molecule has 1 aromatic carbocycles. The van der Waals surface area contributed by atoms with Gasteiger partial charge in [0.1, 0.15) is 67.6 Å². The minimum Gasteiger partial charge on any atom is -0.445 e. The van der Waals surface area contributed by atoms with E-state index in [4.69, 9.17) is 23.7 Å². The number of hydrogen-bond donors (Lipinski definition) is 9. The zero-order valence-corrected chi connectivity index (χ0v) is 25.0. The van der Waals surface area contributed by atoms with Gasteiger partial charge < -0.3 is 69.6 Å². The number of hydrogen-bond acceptors (Lipinski definition) is 15. The number of nitrogens with zero attached hydrogens (tertiary/aromatic N) is 1. The Morgan fingerprint density at radius 2 is 1.40 bits per heavy atom. The zero-order valence-electron chi connectivity index (χ0n) is 22.8. The normalized spacial score (nSPS) is 42.0. The van der Waals surface area contributed by atoms with Gasteiger partial charge in [-0.15, -0.1) is 0 Å². The number of halogens is 1. The molecule has 1 aromatic rings. The molecule has 0 aliphatic carbocycles. The predicted octanol–water partition coefficient (Wildman–Crippen LogP) is -3.83. The Bertz CT molecular complexity index is 1020. The average molecular weight is 731 g/mol. The van der Waals surface area contributed by atoms with Crippen molar-refractivity contribution in [1.82, 2.24) is 4.90 Å². The minimum absolute atomic E-state index is 0.108. The Morgan fingerprint density at radius 3 is 2.00 bits per heavy atom. The van der Waals surface area contributed by atoms with Crippen molar-refractivity contribution in [2.75, 3.05) is 24.2 Å². The number of likely N-dealkylation sites (tertiary alicyclic amines) is 1. The second-order valence-electron chi connectivity index (χ2n) is 10.6. The molecular formula is C26H38INO15. The number of benzene rings is 1. The van der Waals surface area contributed by atoms with Gasteiger partial charge in [0.15, 0.2) is 12.6 Å². The van der Waals surface area contributed by atoms with E-state index < -0.39 is 112 Å². The lowest BCUT2D eigenvalue weighted by Crippen LogP contribution is -2.68. The van der Waals surface area contributed by atoms with Gasteiger partial charge in [-0.05, 0) is 5.56 Å². The van der Waals surface area contributed by atoms with Gasteiger partial charge in [-0.1, -0.05) is 52.9 Å². The third-order valence-electron chi connectivity index (χ3n) is 7.74. The molecule has 4 rings (SSSR count). The van der Waals surface area contributed by atoms with Crippen LogP contribution >= 0.6 is 22.6 Å². The van der Waals surface area contributed by atoms with E-state index in [0.29, 0.717) is 5.56 Å². The molecule has 17 heteroatoms. The summed E-state index contributed by atoms with van der Waals surface area (Å²) in [5.41, 5.74) is 0.683. The quantitative estimate of drug-likeness (QED) is 0.0873. The van der Waals surface area contributed by atoms with Gasteiger partial charge in [0.05, 0.1) is 31.9 Å². The van der Waals surface area contributed by atoms with Gasteiger partial charge in [-0.3, -0.25) is 4.90 Å². The molecule has 14 atom stereocenters. The molecule has 0 spiro atoms. The summed E-state index contributed by atoms with van der Waals surface area (Å²) in [5.74, 6) is 0. The molecule has 3 aliphatic heterocycles. The van der Waals surface area contributed by atoms with Crippen molar-refractivity contribution in [2.45, 2.75) is 92.4 Å². The highest BCUT2D eigenvalue weighted by atomic mass is 127. The highest BCUT2D eigenvalue weighted by Crippen LogP contribution is 2.32. The fourth-order valence-corrected chi connectivity index (χ4v) is 5.98. The average Bonchev–Trinajstić information content (AvgIpc) is 3.01. The molecule has 3 aliphatic rings. The van der Waals surface area contributed by atoms with E-state index in [0.717, 1.165) is 4.90 Å². The van der Waals surface area contributed by atoms with Crippen LogP contribution in [-0.4, -0.2) is 167 Å². The second kappa shape index (κ2) is 15.3. The number of amides is 1. The Kier molecular flexibility index (Phi) is 12.3. The monoisotopic (exact) mass is 731 g/mol. The van der Waals surface area contributed by atoms with Crippen LogP contribution in [0.4, 0.5) is 4.79 Å². The molecule has 3 saturated heterocycles. The van der Waals surface area contributed by atoms with Gasteiger partial charge in [0.25, 0.3) is 0 Å². The lowest BCUT2D eigenvalue weighted by atomic mass is 9.93. The fraction of sp³-hybridized carbons (Fsp3) is 0.731. The van der Waals surface area contributed by atoms with Crippen LogP contribution in [0.15, 0.2) is 30.3 Å². The number of carbonyl (C=O) groups is 1. The van der Waals surface area contributed by atoms with Crippen LogP contribution in [0.2, 0.25) is 0 Å². The molecular weight excluding hydrogens is 693 g/mol. The first-order valence-electron chi connectivity index (χ1n) is 13.7. The number of carbonyl (C=O) groups excluding carboxylic acids is 1. The fourth-order valence-electron chi connectivity index (χ4n) is 5.25. The Morgan fingerprint density at radius 1 is 0.791 bits per heavy atom. The Labute approximate surface area is 260 Å². The predicted molar refractivity (Wildman–Crippen MR) is 149 cm³/mol. The van der Waals surface area contributed by atoms with Crippen molar-refractivity contribution in [3.05, 3.63) is 35.9 Å². The molecule has 0 bridgehead atoms. The van der Waals surface area contributed by atoms with E-state index in [-0.39, 0.29) is 11.0 Å². The number of aliphatic hydroxyl groups is 9. The minimum atomic E-state index is -1.91. The molecule has 0 saturated carbocycles. The van der Waals surface area contributed by atoms with E-state index in [2.05, 4.69) is 0 Å². The molecule has 1 amide bonds. The third-order valence-corrected chi connectivity index (χ3v) is 8.61. The van der Waals surface area contributed by atoms with Crippen LogP contribution in [0, 0.1) is 0 Å². The molecule has 9 N–H and O–H groups in total. The van der Waals surface area contributed by atoms with E-state index in [1.807, 2.05) is 22.6 Å². The molecule has 0 radical (unpaired) electrons. The summed E-state index contributed by atoms with van der Waals surface area (Å²) >= 11 is 1.90. The summed E-state index contributed by atoms with van der Waals surface area (Å²) in [6.07, 6.45) is -21.5. The lowest BCUT2D eigenvalue weighted by Gasteiger charge is -2.49. The van der Waals surface area contributed by atoms with Crippen molar-refractivity contribution in [1.29, 1.82) is 0 Å². The first kappa shape index (κ1) is 34.6. The van der Waals surface area contributed by atoms with Crippen LogP contribution < -0.4 is 0 Å². The highest BCUT2D eigenvalue weighted by molar-refractivity contribution is 14.1. The maximum atomic E-state index is 12.9. The molecule has 3 fully saturated rings. The van der Waals surface area contributed by atoms with Crippen molar-refractivity contribution < 1.29 is 74.4 Å². The van der Waals surface area contributed by atoms with Crippen molar-refractivity contribution in [2.24, 2.45) is 0 Å². The summed E-state index contributed by atoms with van der Waals surface area (Å²) in [4.78, 5) is 13.9. The number of alkyl halides is 1. The van der Waals surface area contributed by atoms with Gasteiger partial charge in [-0.25, -0.2) is 4.79 Å². The van der Waals surface area contributed by atoms with Gasteiger partial charge >= 0.3 is 6.09 Å². The van der Waals surface area contributed by atoms with E-state index in [1.165, 1.54) is 0 Å². The number of rotatable bonds is 9. The summed E-state index contributed by atoms with van der Waals surface area (Å²) in [6.45, 7) is -2.06. The van der Waals surface area contributed by atoms with Crippen LogP contribution in [-0.2, 0) is 30.3 Å². The van der Waals surface area contributed by atoms with Gasteiger partial charge in [0.2, 0.25) is 0 Å². The zero-order chi connectivity index (χ0) is 31.4. The molecule has 0 aromatic heterocycles. The maximum absolute atomic E-state index is 12.9. The number of β-amino-alcohol motifs (C(OH)–C–C–N with tert-alkyl or cyclic N) is 1. The molecule has 14 unspecified atom stereocenters. The van der Waals surface area contributed by atoms with E-state index in [9.17, 15) is 50.8 Å². The van der Waals surface area contributed by atoms with E-state index in [1.54, 1.807) is 30.3 Å². The number of aliphatic hydroxyl groups excluding tert-OH is 9. The van der Waals surface area contributed by atoms with Gasteiger partial charge in [-0.2, -0.15) is 0 Å². The molecule has 16 nitrogen and oxygen atoms in total. The van der Waals surface area contributed by atoms with Crippen molar-refractivity contribution >= 4 is 28.7 Å². The van der Waals surface area contributed by atoms with Crippen LogP contribution in [0.3, 0.4) is 0 Å². The van der Waals surface area contributed by atoms with Crippen LogP contribution in [0.25, 0.3) is 0 Å². The van der Waals surface area contributed by atoms with Gasteiger partial charge in [0, 0.05) is 4.43 Å². The van der Waals surface area contributed by atoms with E-state index >= 15 is 0 Å². The summed E-state index contributed by atoms with van der Waals surface area (Å²) in [7, 11) is 0. The standard InChI is InChI=1S/C26H38INO15/c27-6-14-17(33)18(34)20(36)24(40-14)43-23-15(9-30)41-25(21(37)19(23)35)42-22-12(8-29)28(7-13(31)16(22)32)26(38)39-10-11-4-2-1-3-5-11/h1-5,12-25,29-37H,6-10H2. The highest BCUT2D eigenvalue weighted by Gasteiger charge is 2.53. The molecule has 244 valence electrons. The Hall–Kier alpha value is -1.30. The summed E-state index contributed by atoms with van der Waals surface area (Å²) in [5, 5.41) is 93.7. The smallest absolute Gasteiger partial charge is 0.410 e.